The maximum atomic E-state index is 12.2. The molecule has 0 N–H and O–H groups in total. The zero-order valence-electron chi connectivity index (χ0n) is 11.1. The molecule has 0 spiro atoms. The van der Waals surface area contributed by atoms with E-state index in [9.17, 15) is 4.79 Å². The molecule has 0 radical (unpaired) electrons. The Balaban J connectivity index is 1.72. The first-order valence-electron chi connectivity index (χ1n) is 7.44. The third-order valence-electron chi connectivity index (χ3n) is 4.58. The molecule has 0 bridgehead atoms. The highest BCUT2D eigenvalue weighted by Crippen LogP contribution is 2.32. The highest BCUT2D eigenvalue weighted by Gasteiger charge is 2.27. The van der Waals surface area contributed by atoms with Gasteiger partial charge in [0.1, 0.15) is 5.78 Å². The number of Topliss-reactive ketones (excluding diaryl/α,β-unsaturated/α-hetero) is 1. The summed E-state index contributed by atoms with van der Waals surface area (Å²) < 4.78 is 5.66. The predicted molar refractivity (Wildman–Crippen MR) is 69.0 cm³/mol. The summed E-state index contributed by atoms with van der Waals surface area (Å²) in [5.74, 6) is 1.71. The van der Waals surface area contributed by atoms with Crippen molar-refractivity contribution in [1.29, 1.82) is 0 Å². The van der Waals surface area contributed by atoms with Crippen molar-refractivity contribution in [1.82, 2.24) is 0 Å². The fourth-order valence-corrected chi connectivity index (χ4v) is 3.25. The first-order valence-corrected chi connectivity index (χ1v) is 7.44. The van der Waals surface area contributed by atoms with E-state index < -0.39 is 0 Å². The number of ketones is 1. The van der Waals surface area contributed by atoms with Crippen molar-refractivity contribution < 1.29 is 9.53 Å². The highest BCUT2D eigenvalue weighted by atomic mass is 16.5. The summed E-state index contributed by atoms with van der Waals surface area (Å²) in [6, 6.07) is 0. The molecule has 98 valence electrons. The van der Waals surface area contributed by atoms with Crippen LogP contribution in [0.15, 0.2) is 0 Å². The molecule has 1 atom stereocenters. The smallest absolute Gasteiger partial charge is 0.138 e. The number of carbonyl (C=O) groups is 1. The zero-order valence-corrected chi connectivity index (χ0v) is 11.1. The van der Waals surface area contributed by atoms with Crippen LogP contribution in [0.5, 0.6) is 0 Å². The quantitative estimate of drug-likeness (QED) is 0.746. The minimum Gasteiger partial charge on any atom is -0.378 e. The Morgan fingerprint density at radius 3 is 2.47 bits per heavy atom. The van der Waals surface area contributed by atoms with E-state index in [-0.39, 0.29) is 6.10 Å². The van der Waals surface area contributed by atoms with E-state index in [0.717, 1.165) is 31.8 Å². The third kappa shape index (κ3) is 3.80. The number of hydrogen-bond donors (Lipinski definition) is 0. The van der Waals surface area contributed by atoms with Crippen molar-refractivity contribution in [2.24, 2.45) is 11.8 Å². The van der Waals surface area contributed by atoms with Crippen molar-refractivity contribution in [2.45, 2.75) is 70.8 Å². The molecule has 2 heteroatoms. The second-order valence-corrected chi connectivity index (χ2v) is 5.78. The van der Waals surface area contributed by atoms with Crippen molar-refractivity contribution in [2.75, 3.05) is 6.61 Å². The molecular formula is C15H26O2. The normalized spacial score (nSPS) is 34.5. The van der Waals surface area contributed by atoms with Gasteiger partial charge in [-0.3, -0.25) is 4.79 Å². The van der Waals surface area contributed by atoms with Gasteiger partial charge in [0.2, 0.25) is 0 Å². The molecule has 1 aliphatic heterocycles. The Bertz CT molecular complexity index is 235. The Kier molecular flexibility index (Phi) is 5.02. The van der Waals surface area contributed by atoms with Gasteiger partial charge in [0.05, 0.1) is 6.10 Å². The van der Waals surface area contributed by atoms with Crippen LogP contribution in [-0.4, -0.2) is 18.5 Å². The lowest BCUT2D eigenvalue weighted by atomic mass is 9.78. The summed E-state index contributed by atoms with van der Waals surface area (Å²) in [4.78, 5) is 12.2. The SMILES string of the molecule is CCC1CCC(C(=O)CC2CCCCO2)CC1. The number of carbonyl (C=O) groups excluding carboxylic acids is 1. The second-order valence-electron chi connectivity index (χ2n) is 5.78. The van der Waals surface area contributed by atoms with Gasteiger partial charge in [0, 0.05) is 18.9 Å². The number of ether oxygens (including phenoxy) is 1. The molecule has 0 aromatic rings. The molecule has 0 amide bonds. The molecule has 1 aliphatic carbocycles. The van der Waals surface area contributed by atoms with Gasteiger partial charge in [-0.25, -0.2) is 0 Å². The van der Waals surface area contributed by atoms with Crippen LogP contribution in [0.3, 0.4) is 0 Å². The lowest BCUT2D eigenvalue weighted by molar-refractivity contribution is -0.127. The molecule has 1 saturated carbocycles. The van der Waals surface area contributed by atoms with Gasteiger partial charge < -0.3 is 4.74 Å². The maximum absolute atomic E-state index is 12.2. The van der Waals surface area contributed by atoms with Crippen LogP contribution in [0.1, 0.15) is 64.7 Å². The highest BCUT2D eigenvalue weighted by molar-refractivity contribution is 5.81. The molecule has 1 unspecified atom stereocenters. The number of hydrogen-bond acceptors (Lipinski definition) is 2. The summed E-state index contributed by atoms with van der Waals surface area (Å²) in [5.41, 5.74) is 0. The summed E-state index contributed by atoms with van der Waals surface area (Å²) in [7, 11) is 0. The van der Waals surface area contributed by atoms with E-state index in [0.29, 0.717) is 18.1 Å². The van der Waals surface area contributed by atoms with E-state index in [1.165, 1.54) is 32.1 Å². The molecule has 0 aromatic carbocycles. The molecule has 2 rings (SSSR count). The Morgan fingerprint density at radius 1 is 1.12 bits per heavy atom. The third-order valence-corrected chi connectivity index (χ3v) is 4.58. The first kappa shape index (κ1) is 13.1. The van der Waals surface area contributed by atoms with Crippen LogP contribution in [0, 0.1) is 11.8 Å². The Morgan fingerprint density at radius 2 is 1.88 bits per heavy atom. The summed E-state index contributed by atoms with van der Waals surface area (Å²) in [6.07, 6.45) is 10.5. The van der Waals surface area contributed by atoms with Gasteiger partial charge in [0.25, 0.3) is 0 Å². The summed E-state index contributed by atoms with van der Waals surface area (Å²) in [5, 5.41) is 0. The first-order chi connectivity index (χ1) is 8.29. The van der Waals surface area contributed by atoms with Gasteiger partial charge in [0.15, 0.2) is 0 Å². The van der Waals surface area contributed by atoms with E-state index in [4.69, 9.17) is 4.74 Å². The standard InChI is InChI=1S/C15H26O2/c1-2-12-6-8-13(9-7-12)15(16)11-14-5-3-4-10-17-14/h12-14H,2-11H2,1H3. The van der Waals surface area contributed by atoms with Crippen LogP contribution >= 0.6 is 0 Å². The van der Waals surface area contributed by atoms with Crippen LogP contribution in [-0.2, 0) is 9.53 Å². The molecule has 17 heavy (non-hydrogen) atoms. The van der Waals surface area contributed by atoms with Gasteiger partial charge in [-0.1, -0.05) is 13.3 Å². The van der Waals surface area contributed by atoms with Crippen molar-refractivity contribution in [3.63, 3.8) is 0 Å². The van der Waals surface area contributed by atoms with Crippen LogP contribution in [0.25, 0.3) is 0 Å². The zero-order chi connectivity index (χ0) is 12.1. The van der Waals surface area contributed by atoms with Gasteiger partial charge >= 0.3 is 0 Å². The largest absolute Gasteiger partial charge is 0.378 e. The summed E-state index contributed by atoms with van der Waals surface area (Å²) >= 11 is 0. The topological polar surface area (TPSA) is 26.3 Å². The molecule has 2 aliphatic rings. The molecular weight excluding hydrogens is 212 g/mol. The molecule has 2 nitrogen and oxygen atoms in total. The van der Waals surface area contributed by atoms with E-state index >= 15 is 0 Å². The minimum absolute atomic E-state index is 0.236. The maximum Gasteiger partial charge on any atom is 0.138 e. The number of rotatable bonds is 4. The lowest BCUT2D eigenvalue weighted by Crippen LogP contribution is -2.28. The Labute approximate surface area is 105 Å². The van der Waals surface area contributed by atoms with Crippen LogP contribution < -0.4 is 0 Å². The Hall–Kier alpha value is -0.370. The molecule has 2 fully saturated rings. The average Bonchev–Trinajstić information content (AvgIpc) is 2.40. The monoisotopic (exact) mass is 238 g/mol. The van der Waals surface area contributed by atoms with E-state index in [2.05, 4.69) is 6.92 Å². The molecule has 0 aromatic heterocycles. The van der Waals surface area contributed by atoms with Crippen LogP contribution in [0.2, 0.25) is 0 Å². The fraction of sp³-hybridized carbons (Fsp3) is 0.933. The molecule has 1 heterocycles. The van der Waals surface area contributed by atoms with Crippen molar-refractivity contribution in [3.8, 4) is 0 Å². The fourth-order valence-electron chi connectivity index (χ4n) is 3.25. The minimum atomic E-state index is 0.236. The average molecular weight is 238 g/mol. The van der Waals surface area contributed by atoms with Crippen molar-refractivity contribution >= 4 is 5.78 Å². The predicted octanol–water partition coefficient (Wildman–Crippen LogP) is 3.73. The van der Waals surface area contributed by atoms with Crippen molar-refractivity contribution in [3.05, 3.63) is 0 Å². The van der Waals surface area contributed by atoms with Gasteiger partial charge in [-0.2, -0.15) is 0 Å². The van der Waals surface area contributed by atoms with Gasteiger partial charge in [-0.05, 0) is 50.9 Å². The summed E-state index contributed by atoms with van der Waals surface area (Å²) in [6.45, 7) is 3.13. The second kappa shape index (κ2) is 6.53. The van der Waals surface area contributed by atoms with Gasteiger partial charge in [-0.15, -0.1) is 0 Å². The molecule has 1 saturated heterocycles. The van der Waals surface area contributed by atoms with Crippen LogP contribution in [0.4, 0.5) is 0 Å². The lowest BCUT2D eigenvalue weighted by Gasteiger charge is -2.29. The van der Waals surface area contributed by atoms with E-state index in [1.807, 2.05) is 0 Å². The van der Waals surface area contributed by atoms with E-state index in [1.54, 1.807) is 0 Å².